The Morgan fingerprint density at radius 1 is 1.23 bits per heavy atom. The first kappa shape index (κ1) is 16.4. The molecule has 0 aliphatic carbocycles. The summed E-state index contributed by atoms with van der Waals surface area (Å²) in [4.78, 5) is 30.0. The van der Waals surface area contributed by atoms with Gasteiger partial charge in [0.15, 0.2) is 0 Å². The van der Waals surface area contributed by atoms with Gasteiger partial charge in [0.05, 0.1) is 7.11 Å². The average molecular weight is 351 g/mol. The fraction of sp³-hybridized carbons (Fsp3) is 0.300. The van der Waals surface area contributed by atoms with Gasteiger partial charge in [0.2, 0.25) is 0 Å². The Morgan fingerprint density at radius 2 is 2.00 bits per heavy atom. The van der Waals surface area contributed by atoms with Crippen LogP contribution in [0.3, 0.4) is 0 Å². The quantitative estimate of drug-likeness (QED) is 0.829. The highest BCUT2D eigenvalue weighted by Crippen LogP contribution is 2.37. The van der Waals surface area contributed by atoms with Gasteiger partial charge in [-0.05, 0) is 25.1 Å². The third-order valence-electron chi connectivity index (χ3n) is 5.06. The Hall–Kier alpha value is -3.02. The van der Waals surface area contributed by atoms with Crippen molar-refractivity contribution in [2.24, 2.45) is 0 Å². The van der Waals surface area contributed by atoms with E-state index in [2.05, 4.69) is 24.1 Å². The summed E-state index contributed by atoms with van der Waals surface area (Å²) in [6.45, 7) is 5.84. The van der Waals surface area contributed by atoms with Crippen LogP contribution < -0.4 is 10.1 Å². The van der Waals surface area contributed by atoms with Crippen LogP contribution >= 0.6 is 0 Å². The molecule has 0 saturated carbocycles. The molecule has 1 atom stereocenters. The Balaban J connectivity index is 2.01. The lowest BCUT2D eigenvalue weighted by atomic mass is 9.85. The molecule has 0 radical (unpaired) electrons. The van der Waals surface area contributed by atoms with E-state index in [0.717, 1.165) is 27.9 Å². The van der Waals surface area contributed by atoms with Crippen molar-refractivity contribution in [3.63, 3.8) is 0 Å². The van der Waals surface area contributed by atoms with Crippen LogP contribution in [0.25, 0.3) is 17.0 Å². The van der Waals surface area contributed by atoms with E-state index in [-0.39, 0.29) is 17.2 Å². The Bertz CT molecular complexity index is 997. The fourth-order valence-electron chi connectivity index (χ4n) is 3.52. The summed E-state index contributed by atoms with van der Waals surface area (Å²) in [5.74, 6) is 0.358. The average Bonchev–Trinajstić information content (AvgIpc) is 2.96. The number of ether oxygens (including phenoxy) is 1. The maximum absolute atomic E-state index is 12.6. The molecule has 1 saturated heterocycles. The van der Waals surface area contributed by atoms with Crippen molar-refractivity contribution < 1.29 is 14.3 Å². The first-order chi connectivity index (χ1) is 12.3. The van der Waals surface area contributed by atoms with Crippen LogP contribution in [0.5, 0.6) is 5.75 Å². The van der Waals surface area contributed by atoms with Crippen molar-refractivity contribution >= 4 is 28.8 Å². The smallest absolute Gasteiger partial charge is 0.269 e. The summed E-state index contributed by atoms with van der Waals surface area (Å²) < 4.78 is 5.32. The molecule has 2 N–H and O–H groups in total. The van der Waals surface area contributed by atoms with Crippen LogP contribution in [0.1, 0.15) is 32.0 Å². The molecule has 0 unspecified atom stereocenters. The number of benzene rings is 1. The van der Waals surface area contributed by atoms with Gasteiger partial charge in [0, 0.05) is 39.8 Å². The van der Waals surface area contributed by atoms with Crippen LogP contribution in [-0.2, 0) is 15.0 Å². The van der Waals surface area contributed by atoms with Crippen LogP contribution in [0, 0.1) is 0 Å². The molecule has 2 amide bonds. The number of amides is 2. The number of allylic oxidation sites excluding steroid dienone is 1. The van der Waals surface area contributed by atoms with Gasteiger partial charge in [-0.3, -0.25) is 14.5 Å². The lowest BCUT2D eigenvalue weighted by Crippen LogP contribution is -2.53. The minimum absolute atomic E-state index is 0.145. The number of nitrogens with zero attached hydrogens (tertiary/aromatic N) is 1. The maximum atomic E-state index is 12.6. The number of aromatic amines is 1. The summed E-state index contributed by atoms with van der Waals surface area (Å²) in [6, 6.07) is 5.25. The highest BCUT2D eigenvalue weighted by molar-refractivity contribution is 6.09. The SMILES string of the molecule is COc1ccc2c3c([nH]c2c1)C(C)(C)C=CN1C(=O)[C@H](C)NC(=O)C1=C3. The molecule has 0 bridgehead atoms. The molecule has 1 aromatic heterocycles. The third kappa shape index (κ3) is 2.33. The van der Waals surface area contributed by atoms with Gasteiger partial charge >= 0.3 is 0 Å². The van der Waals surface area contributed by atoms with Crippen molar-refractivity contribution in [1.82, 2.24) is 15.2 Å². The molecule has 6 heteroatoms. The Kier molecular flexibility index (Phi) is 3.47. The van der Waals surface area contributed by atoms with Gasteiger partial charge < -0.3 is 15.0 Å². The van der Waals surface area contributed by atoms with Crippen molar-refractivity contribution in [1.29, 1.82) is 0 Å². The molecular weight excluding hydrogens is 330 g/mol. The van der Waals surface area contributed by atoms with Gasteiger partial charge in [-0.25, -0.2) is 0 Å². The monoisotopic (exact) mass is 351 g/mol. The zero-order valence-electron chi connectivity index (χ0n) is 15.2. The standard InChI is InChI=1S/C20H21N3O3/c1-11-19(25)23-8-7-20(2,3)17-14(10-16(23)18(24)21-11)13-6-5-12(26-4)9-15(13)22-17/h5-11,22H,1-4H3,(H,21,24)/t11-/m0/s1. The van der Waals surface area contributed by atoms with E-state index in [1.165, 1.54) is 4.90 Å². The van der Waals surface area contributed by atoms with Gasteiger partial charge in [-0.1, -0.05) is 19.9 Å². The molecule has 26 heavy (non-hydrogen) atoms. The number of H-pyrrole nitrogens is 1. The number of methoxy groups -OCH3 is 1. The molecule has 6 nitrogen and oxygen atoms in total. The number of carbonyl (C=O) groups is 2. The number of piperazine rings is 1. The topological polar surface area (TPSA) is 74.4 Å². The van der Waals surface area contributed by atoms with Gasteiger partial charge in [-0.2, -0.15) is 0 Å². The number of aromatic nitrogens is 1. The molecule has 2 aliphatic rings. The van der Waals surface area contributed by atoms with Crippen molar-refractivity contribution in [2.75, 3.05) is 7.11 Å². The van der Waals surface area contributed by atoms with Gasteiger partial charge in [0.25, 0.3) is 11.8 Å². The zero-order chi connectivity index (χ0) is 18.6. The molecule has 2 aromatic rings. The fourth-order valence-corrected chi connectivity index (χ4v) is 3.52. The molecule has 1 fully saturated rings. The van der Waals surface area contributed by atoms with E-state index in [1.54, 1.807) is 26.3 Å². The highest BCUT2D eigenvalue weighted by Gasteiger charge is 2.36. The van der Waals surface area contributed by atoms with E-state index >= 15 is 0 Å². The summed E-state index contributed by atoms with van der Waals surface area (Å²) in [5.41, 5.74) is 2.81. The third-order valence-corrected chi connectivity index (χ3v) is 5.06. The number of fused-ring (bicyclic) bond motifs is 4. The lowest BCUT2D eigenvalue weighted by Gasteiger charge is -2.33. The zero-order valence-corrected chi connectivity index (χ0v) is 15.2. The second-order valence-electron chi connectivity index (χ2n) is 7.30. The van der Waals surface area contributed by atoms with Gasteiger partial charge in [-0.15, -0.1) is 0 Å². The number of hydrogen-bond donors (Lipinski definition) is 2. The van der Waals surface area contributed by atoms with E-state index in [0.29, 0.717) is 5.70 Å². The second-order valence-corrected chi connectivity index (χ2v) is 7.30. The minimum Gasteiger partial charge on any atom is -0.497 e. The second kappa shape index (κ2) is 5.49. The Morgan fingerprint density at radius 3 is 2.73 bits per heavy atom. The largest absolute Gasteiger partial charge is 0.497 e. The minimum atomic E-state index is -0.543. The number of hydrogen-bond acceptors (Lipinski definition) is 3. The predicted molar refractivity (Wildman–Crippen MR) is 99.4 cm³/mol. The molecule has 3 heterocycles. The van der Waals surface area contributed by atoms with Crippen LogP contribution in [0.2, 0.25) is 0 Å². The van der Waals surface area contributed by atoms with E-state index in [4.69, 9.17) is 4.74 Å². The predicted octanol–water partition coefficient (Wildman–Crippen LogP) is 2.67. The highest BCUT2D eigenvalue weighted by atomic mass is 16.5. The molecule has 0 spiro atoms. The van der Waals surface area contributed by atoms with Crippen molar-refractivity contribution in [3.8, 4) is 5.75 Å². The van der Waals surface area contributed by atoms with Crippen LogP contribution in [0.15, 0.2) is 36.2 Å². The molecule has 4 rings (SSSR count). The molecule has 134 valence electrons. The first-order valence-electron chi connectivity index (χ1n) is 8.57. The number of nitrogens with one attached hydrogen (secondary N) is 2. The van der Waals surface area contributed by atoms with E-state index in [9.17, 15) is 9.59 Å². The summed E-state index contributed by atoms with van der Waals surface area (Å²) in [6.07, 6.45) is 5.46. The van der Waals surface area contributed by atoms with E-state index < -0.39 is 6.04 Å². The van der Waals surface area contributed by atoms with Gasteiger partial charge in [0.1, 0.15) is 17.5 Å². The summed E-state index contributed by atoms with van der Waals surface area (Å²) in [7, 11) is 1.63. The summed E-state index contributed by atoms with van der Waals surface area (Å²) in [5, 5.41) is 3.71. The van der Waals surface area contributed by atoms with Crippen LogP contribution in [0.4, 0.5) is 0 Å². The lowest BCUT2D eigenvalue weighted by molar-refractivity contribution is -0.137. The molecule has 1 aromatic carbocycles. The van der Waals surface area contributed by atoms with Crippen molar-refractivity contribution in [3.05, 3.63) is 47.4 Å². The number of carbonyl (C=O) groups excluding carboxylic acids is 2. The molecule has 2 aliphatic heterocycles. The maximum Gasteiger partial charge on any atom is 0.269 e. The summed E-state index contributed by atoms with van der Waals surface area (Å²) >= 11 is 0. The normalized spacial score (nSPS) is 21.5. The number of rotatable bonds is 1. The van der Waals surface area contributed by atoms with Crippen LogP contribution in [-0.4, -0.2) is 34.8 Å². The van der Waals surface area contributed by atoms with E-state index in [1.807, 2.05) is 24.3 Å². The van der Waals surface area contributed by atoms with Crippen molar-refractivity contribution in [2.45, 2.75) is 32.2 Å². The first-order valence-corrected chi connectivity index (χ1v) is 8.57. The molecular formula is C20H21N3O3. The Labute approximate surface area is 151 Å².